The molecule has 594 valence electrons. The van der Waals surface area contributed by atoms with Crippen molar-refractivity contribution >= 4 is 70.9 Å². The summed E-state index contributed by atoms with van der Waals surface area (Å²) in [5.41, 5.74) is -1.68. The lowest BCUT2D eigenvalue weighted by molar-refractivity contribution is -0.219. The van der Waals surface area contributed by atoms with Crippen LogP contribution in [0.5, 0.6) is 0 Å². The summed E-state index contributed by atoms with van der Waals surface area (Å²) in [4.78, 5) is 189. The van der Waals surface area contributed by atoms with Crippen LogP contribution < -0.4 is 16.0 Å². The molecule has 1 spiro atoms. The SMILES string of the molecule is CCO[C@@H]1C[C@H]2C(=O)NC3(CCC3)C(=O)N(C)[C@@H](C3CCCC3)C(=O)N(C)[C@H](C(=O)N(C)C)CC(=O)N(C)[C@@H](C)C(=O)N[C@@H]([C@H](C)CC)C(=O)N(C)CC(=O)N(C)[C@H]3CCCCCN(C3=O)[C@@H](CC3CCC(C(F)(F)F)CC3)C(=O)N(C)CC(=O)N[C@@H](CCC3CC(F)C(C(F)(F)F)C(F)C3)C(=O)N2C1. The van der Waals surface area contributed by atoms with Crippen LogP contribution in [0, 0.1) is 35.5 Å². The molecule has 7 fully saturated rings. The van der Waals surface area contributed by atoms with E-state index in [0.717, 1.165) is 29.4 Å². The third-order valence-electron chi connectivity index (χ3n) is 23.7. The monoisotopic (exact) mass is 1500 g/mol. The van der Waals surface area contributed by atoms with Gasteiger partial charge in [-0.15, -0.1) is 0 Å². The molecule has 3 N–H and O–H groups in total. The van der Waals surface area contributed by atoms with Gasteiger partial charge in [0, 0.05) is 82.5 Å². The fourth-order valence-electron chi connectivity index (χ4n) is 16.7. The first kappa shape index (κ1) is 85.3. The maximum absolute atomic E-state index is 15.5. The maximum Gasteiger partial charge on any atom is 0.397 e. The van der Waals surface area contributed by atoms with Crippen LogP contribution in [-0.2, 0) is 62.3 Å². The van der Waals surface area contributed by atoms with Gasteiger partial charge < -0.3 is 64.8 Å². The molecule has 7 rings (SSSR count). The zero-order chi connectivity index (χ0) is 78.1. The molecular weight excluding hydrogens is 1390 g/mol. The first-order valence-corrected chi connectivity index (χ1v) is 37.5. The van der Waals surface area contributed by atoms with Gasteiger partial charge >= 0.3 is 12.4 Å². The standard InChI is InChI=1S/C72H112F8N12O13/c1-13-41(3)59-67(102)86(8)40-57(95)88(10)51-23-16-15-19-32-91(66(51)101)54(35-43-24-27-46(28-25-43)71(75,76)77)65(100)85(7)39-55(93)81-50(29-26-44-33-48(73)58(49(74)34-44)72(78,79)80)63(98)92-38-47(105-14-2)36-52(92)62(97)83-70(30-20-31-70)69(104)90(12)60(45-21-17-18-22-45)68(103)89(11)53(64(99)84(5)6)37-56(94)87(9)42(4)61(96)82-59/h41-54,58-60H,13-40H2,1-12H3,(H,81,93)(H,82,96)(H,83,97)/t41-,42+,43?,44?,46?,47-,48?,49?,50+,51+,52+,53+,54+,58?,59+,60+/m1/s1. The second kappa shape index (κ2) is 36.3. The molecule has 4 saturated carbocycles. The van der Waals surface area contributed by atoms with Crippen molar-refractivity contribution in [1.29, 1.82) is 0 Å². The van der Waals surface area contributed by atoms with Crippen LogP contribution >= 0.6 is 0 Å². The van der Waals surface area contributed by atoms with E-state index in [1.54, 1.807) is 20.8 Å². The third-order valence-corrected chi connectivity index (χ3v) is 23.7. The van der Waals surface area contributed by atoms with Gasteiger partial charge in [0.2, 0.25) is 70.9 Å². The molecule has 2 bridgehead atoms. The summed E-state index contributed by atoms with van der Waals surface area (Å²) >= 11 is 0. The van der Waals surface area contributed by atoms with Crippen molar-refractivity contribution in [1.82, 2.24) is 60.0 Å². The summed E-state index contributed by atoms with van der Waals surface area (Å²) in [5, 5.41) is 8.30. The van der Waals surface area contributed by atoms with E-state index in [2.05, 4.69) is 16.0 Å². The minimum Gasteiger partial charge on any atom is -0.377 e. The number of nitrogens with zero attached hydrogens (tertiary/aromatic N) is 9. The number of alkyl halides is 8. The molecule has 25 nitrogen and oxygen atoms in total. The summed E-state index contributed by atoms with van der Waals surface area (Å²) < 4.78 is 121. The number of hydrogen-bond acceptors (Lipinski definition) is 13. The van der Waals surface area contributed by atoms with E-state index >= 15 is 37.5 Å². The van der Waals surface area contributed by atoms with E-state index in [1.807, 2.05) is 0 Å². The Balaban J connectivity index is 1.30. The molecule has 7 aliphatic rings. The van der Waals surface area contributed by atoms with Gasteiger partial charge in [-0.05, 0) is 140 Å². The average Bonchev–Trinajstić information content (AvgIpc) is 1.75. The number of carbonyl (C=O) groups is 12. The number of halogens is 8. The van der Waals surface area contributed by atoms with Crippen LogP contribution in [0.25, 0.3) is 0 Å². The lowest BCUT2D eigenvalue weighted by atomic mass is 9.74. The van der Waals surface area contributed by atoms with Crippen LogP contribution in [0.3, 0.4) is 0 Å². The maximum atomic E-state index is 15.5. The topological polar surface area (TPSA) is 279 Å². The van der Waals surface area contributed by atoms with Crippen molar-refractivity contribution in [3.63, 3.8) is 0 Å². The molecule has 12 atom stereocenters. The highest BCUT2D eigenvalue weighted by Gasteiger charge is 2.56. The molecule has 3 heterocycles. The second-order valence-electron chi connectivity index (χ2n) is 31.0. The Morgan fingerprint density at radius 3 is 1.79 bits per heavy atom. The average molecular weight is 1510 g/mol. The molecule has 105 heavy (non-hydrogen) atoms. The summed E-state index contributed by atoms with van der Waals surface area (Å²) in [6.07, 6.45) is -15.2. The van der Waals surface area contributed by atoms with Crippen molar-refractivity contribution < 1.29 is 97.4 Å². The van der Waals surface area contributed by atoms with Crippen LogP contribution in [0.15, 0.2) is 0 Å². The zero-order valence-corrected chi connectivity index (χ0v) is 63.0. The molecule has 2 unspecified atom stereocenters. The van der Waals surface area contributed by atoms with E-state index in [-0.39, 0.29) is 83.9 Å². The van der Waals surface area contributed by atoms with Gasteiger partial charge in [0.25, 0.3) is 0 Å². The second-order valence-corrected chi connectivity index (χ2v) is 31.0. The molecular formula is C72H112F8N12O13. The Morgan fingerprint density at radius 1 is 0.619 bits per heavy atom. The smallest absolute Gasteiger partial charge is 0.377 e. The molecule has 0 aromatic carbocycles. The molecule has 3 aliphatic heterocycles. The van der Waals surface area contributed by atoms with Gasteiger partial charge in [-0.1, -0.05) is 46.0 Å². The highest BCUT2D eigenvalue weighted by molar-refractivity contribution is 6.01. The zero-order valence-electron chi connectivity index (χ0n) is 63.0. The van der Waals surface area contributed by atoms with Crippen LogP contribution in [-0.4, -0.2) is 289 Å². The predicted octanol–water partition coefficient (Wildman–Crippen LogP) is 5.55. The van der Waals surface area contributed by atoms with Gasteiger partial charge in [0.05, 0.1) is 31.5 Å². The first-order chi connectivity index (χ1) is 49.2. The van der Waals surface area contributed by atoms with Crippen molar-refractivity contribution in [2.45, 2.75) is 260 Å². The lowest BCUT2D eigenvalue weighted by Gasteiger charge is -2.46. The van der Waals surface area contributed by atoms with Crippen LogP contribution in [0.2, 0.25) is 0 Å². The number of ether oxygens (including phenoxy) is 1. The van der Waals surface area contributed by atoms with Crippen molar-refractivity contribution in [2.75, 3.05) is 89.2 Å². The fraction of sp³-hybridized carbons (Fsp3) is 0.833. The van der Waals surface area contributed by atoms with Crippen molar-refractivity contribution in [2.24, 2.45) is 35.5 Å². The molecule has 0 aromatic heterocycles. The van der Waals surface area contributed by atoms with Crippen LogP contribution in [0.4, 0.5) is 35.1 Å². The minimum absolute atomic E-state index is 0.00944. The Kier molecular flexibility index (Phi) is 29.5. The lowest BCUT2D eigenvalue weighted by Crippen LogP contribution is -2.68. The van der Waals surface area contributed by atoms with Gasteiger partial charge in [0.15, 0.2) is 0 Å². The van der Waals surface area contributed by atoms with Crippen molar-refractivity contribution in [3.05, 3.63) is 0 Å². The highest BCUT2D eigenvalue weighted by Crippen LogP contribution is 2.46. The van der Waals surface area contributed by atoms with Gasteiger partial charge in [-0.2, -0.15) is 26.3 Å². The predicted molar refractivity (Wildman–Crippen MR) is 367 cm³/mol. The van der Waals surface area contributed by atoms with E-state index in [4.69, 9.17) is 4.74 Å². The molecule has 33 heteroatoms. The van der Waals surface area contributed by atoms with Gasteiger partial charge in [-0.25, -0.2) is 8.78 Å². The first-order valence-electron chi connectivity index (χ1n) is 37.5. The number of amides is 12. The molecule has 0 aromatic rings. The largest absolute Gasteiger partial charge is 0.397 e. The summed E-state index contributed by atoms with van der Waals surface area (Å²) in [6.45, 7) is 4.75. The molecule has 4 aliphatic carbocycles. The van der Waals surface area contributed by atoms with E-state index in [9.17, 15) is 55.1 Å². The number of likely N-dealkylation sites (N-methyl/N-ethyl adjacent to an activating group) is 7. The van der Waals surface area contributed by atoms with E-state index < -0.39 is 230 Å². The number of hydrogen-bond donors (Lipinski definition) is 3. The normalized spacial score (nSPS) is 32.3. The number of rotatable bonds is 11. The molecule has 3 saturated heterocycles. The Labute approximate surface area is 610 Å². The number of carbonyl (C=O) groups excluding carboxylic acids is 12. The quantitative estimate of drug-likeness (QED) is 0.214. The highest BCUT2D eigenvalue weighted by atomic mass is 19.4. The summed E-state index contributed by atoms with van der Waals surface area (Å²) in [6, 6.07) is -11.2. The van der Waals surface area contributed by atoms with E-state index in [0.29, 0.717) is 57.8 Å². The third kappa shape index (κ3) is 20.4. The number of nitrogens with one attached hydrogen (secondary N) is 3. The van der Waals surface area contributed by atoms with Crippen molar-refractivity contribution in [3.8, 4) is 0 Å². The van der Waals surface area contributed by atoms with Gasteiger partial charge in [0.1, 0.15) is 72.1 Å². The Hall–Kier alpha value is -6.96. The summed E-state index contributed by atoms with van der Waals surface area (Å²) in [7, 11) is 10.8. The van der Waals surface area contributed by atoms with Crippen LogP contribution in [0.1, 0.15) is 175 Å². The fourth-order valence-corrected chi connectivity index (χ4v) is 16.7. The van der Waals surface area contributed by atoms with Gasteiger partial charge in [-0.3, -0.25) is 57.5 Å². The van der Waals surface area contributed by atoms with E-state index in [1.165, 1.54) is 78.0 Å². The Morgan fingerprint density at radius 2 is 1.23 bits per heavy atom. The molecule has 12 amide bonds. The Bertz CT molecular complexity index is 3100. The molecule has 0 radical (unpaired) electrons. The summed E-state index contributed by atoms with van der Waals surface area (Å²) in [5.74, 6) is -16.7. The number of fused-ring (bicyclic) bond motifs is 3. The minimum atomic E-state index is -5.21.